The van der Waals surface area contributed by atoms with Crippen LogP contribution in [-0.2, 0) is 0 Å². The molecule has 1 amide bonds. The van der Waals surface area contributed by atoms with Crippen LogP contribution in [0, 0.1) is 0 Å². The number of rotatable bonds is 4. The molecule has 1 N–H and O–H groups in total. The number of amides is 1. The molecule has 3 rings (SSSR count). The Bertz CT molecular complexity index is 918. The number of anilines is 1. The van der Waals surface area contributed by atoms with Crippen LogP contribution < -0.4 is 5.32 Å². The van der Waals surface area contributed by atoms with Crippen molar-refractivity contribution in [2.24, 2.45) is 0 Å². The molecule has 0 saturated heterocycles. The van der Waals surface area contributed by atoms with E-state index in [1.807, 2.05) is 18.2 Å². The first-order valence-electron chi connectivity index (χ1n) is 7.28. The Morgan fingerprint density at radius 3 is 2.50 bits per heavy atom. The second-order valence-electron chi connectivity index (χ2n) is 5.15. The van der Waals surface area contributed by atoms with E-state index in [2.05, 4.69) is 10.4 Å². The van der Waals surface area contributed by atoms with E-state index in [9.17, 15) is 9.59 Å². The molecule has 0 aliphatic heterocycles. The van der Waals surface area contributed by atoms with Crippen LogP contribution in [-0.4, -0.2) is 21.5 Å². The molecule has 0 saturated carbocycles. The number of carbonyl (C=O) groups is 2. The Kier molecular flexibility index (Phi) is 4.44. The van der Waals surface area contributed by atoms with Crippen molar-refractivity contribution in [2.45, 2.75) is 6.92 Å². The van der Waals surface area contributed by atoms with Crippen molar-refractivity contribution in [3.05, 3.63) is 77.1 Å². The Balaban J connectivity index is 1.85. The predicted octanol–water partition coefficient (Wildman–Crippen LogP) is 3.98. The number of nitrogens with one attached hydrogen (secondary N) is 1. The van der Waals surface area contributed by atoms with E-state index in [0.29, 0.717) is 22.0 Å². The highest BCUT2D eigenvalue weighted by Gasteiger charge is 2.14. The van der Waals surface area contributed by atoms with Crippen molar-refractivity contribution in [3.8, 4) is 5.69 Å². The summed E-state index contributed by atoms with van der Waals surface area (Å²) in [6.45, 7) is 1.46. The van der Waals surface area contributed by atoms with Crippen molar-refractivity contribution < 1.29 is 9.59 Å². The Morgan fingerprint density at radius 2 is 1.75 bits per heavy atom. The minimum Gasteiger partial charge on any atom is -0.320 e. The van der Waals surface area contributed by atoms with Gasteiger partial charge < -0.3 is 5.32 Å². The third-order valence-electron chi connectivity index (χ3n) is 3.48. The standard InChI is InChI=1S/C18H14ClN3O2/c1-12(23)13-6-2-4-8-15(13)20-18(24)16-10-11-22(21-16)17-9-5-3-7-14(17)19/h2-11H,1H3,(H,20,24). The molecule has 0 unspecified atom stereocenters. The second-order valence-corrected chi connectivity index (χ2v) is 5.56. The molecule has 3 aromatic rings. The maximum Gasteiger partial charge on any atom is 0.276 e. The van der Waals surface area contributed by atoms with Crippen LogP contribution >= 0.6 is 11.6 Å². The fourth-order valence-electron chi connectivity index (χ4n) is 2.30. The molecule has 5 nitrogen and oxygen atoms in total. The number of nitrogens with zero attached hydrogens (tertiary/aromatic N) is 2. The highest BCUT2D eigenvalue weighted by molar-refractivity contribution is 6.32. The predicted molar refractivity (Wildman–Crippen MR) is 93.0 cm³/mol. The van der Waals surface area contributed by atoms with Gasteiger partial charge in [-0.05, 0) is 37.3 Å². The normalized spacial score (nSPS) is 10.4. The summed E-state index contributed by atoms with van der Waals surface area (Å²) >= 11 is 6.13. The average molecular weight is 340 g/mol. The summed E-state index contributed by atoms with van der Waals surface area (Å²) in [6.07, 6.45) is 1.66. The number of Topliss-reactive ketones (excluding diaryl/α,β-unsaturated/α-hetero) is 1. The number of halogens is 1. The molecule has 1 heterocycles. The molecule has 24 heavy (non-hydrogen) atoms. The highest BCUT2D eigenvalue weighted by atomic mass is 35.5. The first-order chi connectivity index (χ1) is 11.6. The highest BCUT2D eigenvalue weighted by Crippen LogP contribution is 2.20. The Morgan fingerprint density at radius 1 is 1.04 bits per heavy atom. The van der Waals surface area contributed by atoms with Crippen LogP contribution in [0.2, 0.25) is 5.02 Å². The van der Waals surface area contributed by atoms with Gasteiger partial charge >= 0.3 is 0 Å². The molecular weight excluding hydrogens is 326 g/mol. The molecule has 0 spiro atoms. The lowest BCUT2D eigenvalue weighted by Crippen LogP contribution is -2.15. The summed E-state index contributed by atoms with van der Waals surface area (Å²) in [4.78, 5) is 24.0. The monoisotopic (exact) mass is 339 g/mol. The molecule has 6 heteroatoms. The second kappa shape index (κ2) is 6.68. The zero-order valence-corrected chi connectivity index (χ0v) is 13.6. The third kappa shape index (κ3) is 3.21. The minimum absolute atomic E-state index is 0.118. The van der Waals surface area contributed by atoms with Gasteiger partial charge in [-0.2, -0.15) is 5.10 Å². The largest absolute Gasteiger partial charge is 0.320 e. The van der Waals surface area contributed by atoms with Gasteiger partial charge in [0.1, 0.15) is 0 Å². The van der Waals surface area contributed by atoms with Gasteiger partial charge in [0.15, 0.2) is 11.5 Å². The summed E-state index contributed by atoms with van der Waals surface area (Å²) in [6, 6.07) is 15.7. The smallest absolute Gasteiger partial charge is 0.276 e. The first-order valence-corrected chi connectivity index (χ1v) is 7.66. The van der Waals surface area contributed by atoms with Crippen LogP contribution in [0.5, 0.6) is 0 Å². The lowest BCUT2D eigenvalue weighted by atomic mass is 10.1. The van der Waals surface area contributed by atoms with Crippen molar-refractivity contribution in [2.75, 3.05) is 5.32 Å². The average Bonchev–Trinajstić information content (AvgIpc) is 3.05. The van der Waals surface area contributed by atoms with Crippen molar-refractivity contribution in [1.82, 2.24) is 9.78 Å². The van der Waals surface area contributed by atoms with Gasteiger partial charge in [-0.25, -0.2) is 4.68 Å². The number of benzene rings is 2. The van der Waals surface area contributed by atoms with Gasteiger partial charge in [0.05, 0.1) is 16.4 Å². The van der Waals surface area contributed by atoms with Gasteiger partial charge in [-0.3, -0.25) is 9.59 Å². The van der Waals surface area contributed by atoms with Crippen LogP contribution in [0.4, 0.5) is 5.69 Å². The quantitative estimate of drug-likeness (QED) is 0.731. The van der Waals surface area contributed by atoms with Gasteiger partial charge in [0.25, 0.3) is 5.91 Å². The SMILES string of the molecule is CC(=O)c1ccccc1NC(=O)c1ccn(-c2ccccc2Cl)n1. The Hall–Kier alpha value is -2.92. The fourth-order valence-corrected chi connectivity index (χ4v) is 2.52. The van der Waals surface area contributed by atoms with Gasteiger partial charge in [-0.1, -0.05) is 35.9 Å². The Labute approximate surface area is 143 Å². The molecular formula is C18H14ClN3O2. The third-order valence-corrected chi connectivity index (χ3v) is 3.80. The maximum absolute atomic E-state index is 12.4. The van der Waals surface area contributed by atoms with Crippen LogP contribution in [0.15, 0.2) is 60.8 Å². The molecule has 1 aromatic heterocycles. The fraction of sp³-hybridized carbons (Fsp3) is 0.0556. The topological polar surface area (TPSA) is 64.0 Å². The molecule has 0 aliphatic carbocycles. The van der Waals surface area contributed by atoms with Crippen molar-refractivity contribution >= 4 is 29.0 Å². The van der Waals surface area contributed by atoms with E-state index in [1.165, 1.54) is 11.6 Å². The summed E-state index contributed by atoms with van der Waals surface area (Å²) in [7, 11) is 0. The van der Waals surface area contributed by atoms with Gasteiger partial charge in [0.2, 0.25) is 0 Å². The zero-order chi connectivity index (χ0) is 17.1. The number of hydrogen-bond acceptors (Lipinski definition) is 3. The van der Waals surface area contributed by atoms with E-state index in [-0.39, 0.29) is 11.5 Å². The molecule has 0 atom stereocenters. The summed E-state index contributed by atoms with van der Waals surface area (Å²) < 4.78 is 1.54. The molecule has 0 aliphatic rings. The zero-order valence-electron chi connectivity index (χ0n) is 12.9. The number of ketones is 1. The lowest BCUT2D eigenvalue weighted by Gasteiger charge is -2.07. The van der Waals surface area contributed by atoms with Crippen molar-refractivity contribution in [3.63, 3.8) is 0 Å². The number of aromatic nitrogens is 2. The summed E-state index contributed by atoms with van der Waals surface area (Å²) in [5, 5.41) is 7.50. The molecule has 0 fully saturated rings. The van der Waals surface area contributed by atoms with E-state index >= 15 is 0 Å². The van der Waals surface area contributed by atoms with E-state index in [1.54, 1.807) is 42.6 Å². The van der Waals surface area contributed by atoms with E-state index in [4.69, 9.17) is 11.6 Å². The lowest BCUT2D eigenvalue weighted by molar-refractivity contribution is 0.101. The summed E-state index contributed by atoms with van der Waals surface area (Å²) in [5.41, 5.74) is 1.83. The number of para-hydroxylation sites is 2. The summed E-state index contributed by atoms with van der Waals surface area (Å²) in [5.74, 6) is -0.512. The van der Waals surface area contributed by atoms with Gasteiger partial charge in [-0.15, -0.1) is 0 Å². The number of hydrogen-bond donors (Lipinski definition) is 1. The van der Waals surface area contributed by atoms with Crippen molar-refractivity contribution in [1.29, 1.82) is 0 Å². The van der Waals surface area contributed by atoms with Crippen LogP contribution in [0.1, 0.15) is 27.8 Å². The van der Waals surface area contributed by atoms with E-state index in [0.717, 1.165) is 0 Å². The van der Waals surface area contributed by atoms with Gasteiger partial charge in [0, 0.05) is 11.8 Å². The molecule has 120 valence electrons. The maximum atomic E-state index is 12.4. The first kappa shape index (κ1) is 16.0. The van der Waals surface area contributed by atoms with E-state index < -0.39 is 5.91 Å². The van der Waals surface area contributed by atoms with Crippen LogP contribution in [0.25, 0.3) is 5.69 Å². The van der Waals surface area contributed by atoms with Crippen LogP contribution in [0.3, 0.4) is 0 Å². The molecule has 0 radical (unpaired) electrons. The molecule has 0 bridgehead atoms. The molecule has 2 aromatic carbocycles. The number of carbonyl (C=O) groups excluding carboxylic acids is 2. The minimum atomic E-state index is -0.394.